The Hall–Kier alpha value is -2.63. The van der Waals surface area contributed by atoms with Crippen molar-refractivity contribution in [3.8, 4) is 0 Å². The van der Waals surface area contributed by atoms with Crippen LogP contribution in [0.3, 0.4) is 0 Å². The number of aromatic nitrogens is 3. The zero-order valence-electron chi connectivity index (χ0n) is 10.2. The van der Waals surface area contributed by atoms with E-state index in [2.05, 4.69) is 9.97 Å². The number of pyridine rings is 1. The van der Waals surface area contributed by atoms with Gasteiger partial charge in [0.25, 0.3) is 0 Å². The summed E-state index contributed by atoms with van der Waals surface area (Å²) < 4.78 is 6.69. The molecule has 0 amide bonds. The van der Waals surface area contributed by atoms with Gasteiger partial charge in [0.2, 0.25) is 0 Å². The highest BCUT2D eigenvalue weighted by Crippen LogP contribution is 2.21. The number of carbonyl (C=O) groups is 2. The Bertz CT molecular complexity index is 785. The summed E-state index contributed by atoms with van der Waals surface area (Å²) in [7, 11) is 0. The molecular formula is C13H11N3O3. The first-order valence-electron chi connectivity index (χ1n) is 5.85. The Labute approximate surface area is 108 Å². The molecule has 0 radical (unpaired) electrons. The van der Waals surface area contributed by atoms with E-state index in [4.69, 9.17) is 4.74 Å². The van der Waals surface area contributed by atoms with Crippen LogP contribution in [0.1, 0.15) is 27.9 Å². The minimum Gasteiger partial charge on any atom is -0.461 e. The van der Waals surface area contributed by atoms with Crippen LogP contribution in [0, 0.1) is 0 Å². The lowest BCUT2D eigenvalue weighted by Crippen LogP contribution is -2.04. The van der Waals surface area contributed by atoms with Crippen molar-refractivity contribution in [3.05, 3.63) is 35.9 Å². The number of carbonyl (C=O) groups excluding carboxylic acids is 2. The van der Waals surface area contributed by atoms with Crippen molar-refractivity contribution in [2.24, 2.45) is 0 Å². The summed E-state index contributed by atoms with van der Waals surface area (Å²) in [6, 6.07) is 3.51. The second-order valence-electron chi connectivity index (χ2n) is 4.06. The van der Waals surface area contributed by atoms with Gasteiger partial charge in [-0.2, -0.15) is 0 Å². The normalized spacial score (nSPS) is 11.0. The Morgan fingerprint density at radius 3 is 3.16 bits per heavy atom. The predicted octanol–water partition coefficient (Wildman–Crippen LogP) is 1.80. The van der Waals surface area contributed by atoms with Gasteiger partial charge in [0.15, 0.2) is 6.29 Å². The van der Waals surface area contributed by atoms with E-state index in [9.17, 15) is 9.59 Å². The van der Waals surface area contributed by atoms with Crippen LogP contribution in [0.15, 0.2) is 24.5 Å². The number of esters is 1. The van der Waals surface area contributed by atoms with E-state index in [-0.39, 0.29) is 0 Å². The molecule has 3 heterocycles. The number of H-pyrrole nitrogens is 1. The highest BCUT2D eigenvalue weighted by molar-refractivity contribution is 6.00. The van der Waals surface area contributed by atoms with Gasteiger partial charge in [0, 0.05) is 17.8 Å². The summed E-state index contributed by atoms with van der Waals surface area (Å²) >= 11 is 0. The maximum atomic E-state index is 11.7. The molecule has 0 unspecified atom stereocenters. The molecule has 0 fully saturated rings. The maximum absolute atomic E-state index is 11.7. The quantitative estimate of drug-likeness (QED) is 0.573. The molecule has 6 heteroatoms. The van der Waals surface area contributed by atoms with Crippen molar-refractivity contribution >= 4 is 28.8 Å². The number of nitrogens with one attached hydrogen (secondary N) is 1. The first-order chi connectivity index (χ1) is 9.22. The van der Waals surface area contributed by atoms with Crippen LogP contribution < -0.4 is 0 Å². The Balaban J connectivity index is 2.21. The summed E-state index contributed by atoms with van der Waals surface area (Å²) in [6.07, 6.45) is 4.11. The first-order valence-corrected chi connectivity index (χ1v) is 5.85. The van der Waals surface area contributed by atoms with E-state index in [0.717, 1.165) is 10.9 Å². The van der Waals surface area contributed by atoms with Gasteiger partial charge in [-0.25, -0.2) is 9.78 Å². The zero-order chi connectivity index (χ0) is 13.4. The van der Waals surface area contributed by atoms with Crippen LogP contribution in [0.25, 0.3) is 16.6 Å². The Kier molecular flexibility index (Phi) is 2.56. The molecule has 3 aromatic heterocycles. The van der Waals surface area contributed by atoms with Crippen molar-refractivity contribution in [1.82, 2.24) is 14.4 Å². The van der Waals surface area contributed by atoms with Gasteiger partial charge < -0.3 is 14.1 Å². The van der Waals surface area contributed by atoms with E-state index in [1.54, 1.807) is 29.8 Å². The SMILES string of the molecule is CCOC(=O)c1cc2c(ccn3cc(C=O)nc23)[nH]1. The molecule has 6 nitrogen and oxygen atoms in total. The molecule has 0 aromatic carbocycles. The zero-order valence-corrected chi connectivity index (χ0v) is 10.2. The van der Waals surface area contributed by atoms with E-state index < -0.39 is 5.97 Å². The van der Waals surface area contributed by atoms with E-state index >= 15 is 0 Å². The topological polar surface area (TPSA) is 76.5 Å². The van der Waals surface area contributed by atoms with Gasteiger partial charge in [-0.3, -0.25) is 4.79 Å². The van der Waals surface area contributed by atoms with Crippen LogP contribution in [0.5, 0.6) is 0 Å². The molecule has 3 aromatic rings. The largest absolute Gasteiger partial charge is 0.461 e. The summed E-state index contributed by atoms with van der Waals surface area (Å²) in [4.78, 5) is 29.6. The number of nitrogens with zero attached hydrogens (tertiary/aromatic N) is 2. The third kappa shape index (κ3) is 1.77. The van der Waals surface area contributed by atoms with Gasteiger partial charge in [-0.05, 0) is 19.1 Å². The van der Waals surface area contributed by atoms with Crippen LogP contribution in [0.2, 0.25) is 0 Å². The molecule has 0 saturated heterocycles. The van der Waals surface area contributed by atoms with Crippen molar-refractivity contribution in [3.63, 3.8) is 0 Å². The predicted molar refractivity (Wildman–Crippen MR) is 68.4 cm³/mol. The highest BCUT2D eigenvalue weighted by Gasteiger charge is 2.13. The van der Waals surface area contributed by atoms with Gasteiger partial charge in [-0.15, -0.1) is 0 Å². The summed E-state index contributed by atoms with van der Waals surface area (Å²) in [5.41, 5.74) is 2.14. The van der Waals surface area contributed by atoms with Gasteiger partial charge in [-0.1, -0.05) is 0 Å². The molecule has 0 aliphatic heterocycles. The van der Waals surface area contributed by atoms with E-state index in [1.807, 2.05) is 6.07 Å². The molecule has 1 N–H and O–H groups in total. The van der Waals surface area contributed by atoms with Crippen LogP contribution in [0.4, 0.5) is 0 Å². The van der Waals surface area contributed by atoms with Crippen molar-refractivity contribution in [2.45, 2.75) is 6.92 Å². The summed E-state index contributed by atoms with van der Waals surface area (Å²) in [5, 5.41) is 0.777. The lowest BCUT2D eigenvalue weighted by atomic mass is 10.3. The Morgan fingerprint density at radius 2 is 2.42 bits per heavy atom. The molecule has 19 heavy (non-hydrogen) atoms. The van der Waals surface area contributed by atoms with Crippen molar-refractivity contribution in [2.75, 3.05) is 6.61 Å². The molecular weight excluding hydrogens is 246 g/mol. The average molecular weight is 257 g/mol. The number of rotatable bonds is 3. The number of aldehydes is 1. The van der Waals surface area contributed by atoms with Crippen LogP contribution in [-0.4, -0.2) is 33.2 Å². The second-order valence-corrected chi connectivity index (χ2v) is 4.06. The number of hydrogen-bond acceptors (Lipinski definition) is 4. The fourth-order valence-electron chi connectivity index (χ4n) is 2.04. The number of imidazole rings is 1. The molecule has 0 spiro atoms. The first kappa shape index (κ1) is 11.5. The minimum absolute atomic E-state index is 0.322. The molecule has 0 aliphatic carbocycles. The van der Waals surface area contributed by atoms with Crippen LogP contribution >= 0.6 is 0 Å². The monoisotopic (exact) mass is 257 g/mol. The summed E-state index contributed by atoms with van der Waals surface area (Å²) in [6.45, 7) is 2.08. The lowest BCUT2D eigenvalue weighted by molar-refractivity contribution is 0.0520. The molecule has 0 atom stereocenters. The standard InChI is InChI=1S/C13H11N3O3/c1-2-19-13(18)11-5-9-10(15-11)3-4-16-6-8(7-17)14-12(9)16/h3-7,15H,2H2,1H3. The van der Waals surface area contributed by atoms with Gasteiger partial charge >= 0.3 is 5.97 Å². The third-order valence-electron chi connectivity index (χ3n) is 2.86. The number of aromatic amines is 1. The van der Waals surface area contributed by atoms with Gasteiger partial charge in [0.1, 0.15) is 17.0 Å². The maximum Gasteiger partial charge on any atom is 0.354 e. The smallest absolute Gasteiger partial charge is 0.354 e. The Morgan fingerprint density at radius 1 is 1.58 bits per heavy atom. The number of fused-ring (bicyclic) bond motifs is 3. The minimum atomic E-state index is -0.404. The number of ether oxygens (including phenoxy) is 1. The molecule has 0 bridgehead atoms. The summed E-state index contributed by atoms with van der Waals surface area (Å²) in [5.74, 6) is -0.404. The van der Waals surface area contributed by atoms with Crippen molar-refractivity contribution in [1.29, 1.82) is 0 Å². The van der Waals surface area contributed by atoms with Crippen LogP contribution in [-0.2, 0) is 4.74 Å². The fourth-order valence-corrected chi connectivity index (χ4v) is 2.04. The lowest BCUT2D eigenvalue weighted by Gasteiger charge is -1.96. The van der Waals surface area contributed by atoms with Gasteiger partial charge in [0.05, 0.1) is 12.1 Å². The molecule has 3 rings (SSSR count). The fraction of sp³-hybridized carbons (Fsp3) is 0.154. The van der Waals surface area contributed by atoms with Crippen molar-refractivity contribution < 1.29 is 14.3 Å². The molecule has 0 saturated carbocycles. The highest BCUT2D eigenvalue weighted by atomic mass is 16.5. The molecule has 0 aliphatic rings. The second kappa shape index (κ2) is 4.24. The van der Waals surface area contributed by atoms with E-state index in [1.165, 1.54) is 0 Å². The third-order valence-corrected chi connectivity index (χ3v) is 2.86. The van der Waals surface area contributed by atoms with E-state index in [0.29, 0.717) is 29.9 Å². The average Bonchev–Trinajstić information content (AvgIpc) is 3.01. The number of hydrogen-bond donors (Lipinski definition) is 1. The molecule has 96 valence electrons.